The molecule has 0 aliphatic heterocycles. The van der Waals surface area contributed by atoms with Gasteiger partial charge >= 0.3 is 5.97 Å². The molecule has 1 heterocycles. The van der Waals surface area contributed by atoms with Crippen LogP contribution >= 0.6 is 0 Å². The Kier molecular flexibility index (Phi) is 5.20. The van der Waals surface area contributed by atoms with Crippen LogP contribution < -0.4 is 5.56 Å². The summed E-state index contributed by atoms with van der Waals surface area (Å²) in [4.78, 5) is 24.2. The Balaban J connectivity index is 1.70. The van der Waals surface area contributed by atoms with E-state index in [2.05, 4.69) is 5.10 Å². The predicted molar refractivity (Wildman–Crippen MR) is 94.3 cm³/mol. The summed E-state index contributed by atoms with van der Waals surface area (Å²) in [6.07, 6.45) is 0. The van der Waals surface area contributed by atoms with Crippen LogP contribution in [0.3, 0.4) is 0 Å². The van der Waals surface area contributed by atoms with Gasteiger partial charge in [0.25, 0.3) is 5.56 Å². The standard InChI is InChI=1S/C20H15N3O3/c21-12-15-6-8-17(9-7-15)14-26-20(25)18-10-11-19(24)23(22-18)13-16-4-2-1-3-5-16/h1-11H,13-14H2. The fourth-order valence-electron chi connectivity index (χ4n) is 2.33. The number of carbonyl (C=O) groups is 1. The van der Waals surface area contributed by atoms with Crippen LogP contribution in [0.5, 0.6) is 0 Å². The highest BCUT2D eigenvalue weighted by Crippen LogP contribution is 2.07. The summed E-state index contributed by atoms with van der Waals surface area (Å²) in [5.41, 5.74) is 1.97. The quantitative estimate of drug-likeness (QED) is 0.663. The van der Waals surface area contributed by atoms with Crippen molar-refractivity contribution in [2.24, 2.45) is 0 Å². The van der Waals surface area contributed by atoms with Crippen molar-refractivity contribution in [1.29, 1.82) is 5.26 Å². The number of carbonyl (C=O) groups excluding carboxylic acids is 1. The molecule has 128 valence electrons. The molecule has 0 unspecified atom stereocenters. The largest absolute Gasteiger partial charge is 0.456 e. The van der Waals surface area contributed by atoms with Crippen molar-refractivity contribution in [3.8, 4) is 6.07 Å². The molecular weight excluding hydrogens is 330 g/mol. The van der Waals surface area contributed by atoms with Crippen LogP contribution in [-0.4, -0.2) is 15.7 Å². The first-order chi connectivity index (χ1) is 12.7. The average Bonchev–Trinajstić information content (AvgIpc) is 2.69. The Morgan fingerprint density at radius 1 is 1.00 bits per heavy atom. The van der Waals surface area contributed by atoms with Crippen LogP contribution in [0.25, 0.3) is 0 Å². The molecule has 3 aromatic rings. The van der Waals surface area contributed by atoms with Crippen molar-refractivity contribution in [3.63, 3.8) is 0 Å². The summed E-state index contributed by atoms with van der Waals surface area (Å²) in [6, 6.07) is 20.8. The molecule has 0 N–H and O–H groups in total. The van der Waals surface area contributed by atoms with Crippen LogP contribution in [-0.2, 0) is 17.9 Å². The minimum absolute atomic E-state index is 0.0596. The van der Waals surface area contributed by atoms with E-state index in [1.807, 2.05) is 36.4 Å². The predicted octanol–water partition coefficient (Wildman–Crippen LogP) is 2.52. The lowest BCUT2D eigenvalue weighted by atomic mass is 10.2. The molecule has 6 nitrogen and oxygen atoms in total. The van der Waals surface area contributed by atoms with Gasteiger partial charge in [-0.3, -0.25) is 4.79 Å². The topological polar surface area (TPSA) is 85.0 Å². The van der Waals surface area contributed by atoms with Gasteiger partial charge in [0.2, 0.25) is 0 Å². The van der Waals surface area contributed by atoms with E-state index in [9.17, 15) is 9.59 Å². The number of ether oxygens (including phenoxy) is 1. The number of nitriles is 1. The molecule has 0 radical (unpaired) electrons. The number of hydrogen-bond donors (Lipinski definition) is 0. The monoisotopic (exact) mass is 345 g/mol. The van der Waals surface area contributed by atoms with Crippen LogP contribution in [0, 0.1) is 11.3 Å². The second-order valence-corrected chi connectivity index (χ2v) is 5.58. The first-order valence-corrected chi connectivity index (χ1v) is 7.94. The lowest BCUT2D eigenvalue weighted by molar-refractivity contribution is 0.0462. The van der Waals surface area contributed by atoms with E-state index >= 15 is 0 Å². The highest BCUT2D eigenvalue weighted by Gasteiger charge is 2.12. The van der Waals surface area contributed by atoms with Crippen molar-refractivity contribution in [2.45, 2.75) is 13.2 Å². The lowest BCUT2D eigenvalue weighted by Gasteiger charge is -2.08. The molecule has 0 saturated carbocycles. The first-order valence-electron chi connectivity index (χ1n) is 7.94. The molecule has 3 rings (SSSR count). The fraction of sp³-hybridized carbons (Fsp3) is 0.100. The number of benzene rings is 2. The number of hydrogen-bond acceptors (Lipinski definition) is 5. The molecule has 0 amide bonds. The molecule has 0 bridgehead atoms. The zero-order chi connectivity index (χ0) is 18.4. The SMILES string of the molecule is N#Cc1ccc(COC(=O)c2ccc(=O)n(Cc3ccccc3)n2)cc1. The molecule has 0 atom stereocenters. The lowest BCUT2D eigenvalue weighted by Crippen LogP contribution is -2.25. The van der Waals surface area contributed by atoms with Gasteiger partial charge in [0.05, 0.1) is 18.2 Å². The minimum atomic E-state index is -0.615. The smallest absolute Gasteiger partial charge is 0.359 e. The van der Waals surface area contributed by atoms with Crippen LogP contribution in [0.4, 0.5) is 0 Å². The normalized spacial score (nSPS) is 10.1. The zero-order valence-corrected chi connectivity index (χ0v) is 13.8. The molecule has 26 heavy (non-hydrogen) atoms. The molecule has 0 spiro atoms. The number of esters is 1. The molecule has 0 aliphatic rings. The van der Waals surface area contributed by atoms with E-state index in [4.69, 9.17) is 10.00 Å². The van der Waals surface area contributed by atoms with E-state index in [1.165, 1.54) is 16.8 Å². The van der Waals surface area contributed by atoms with E-state index < -0.39 is 5.97 Å². The molecule has 0 saturated heterocycles. The van der Waals surface area contributed by atoms with Crippen molar-refractivity contribution >= 4 is 5.97 Å². The van der Waals surface area contributed by atoms with Gasteiger partial charge in [-0.15, -0.1) is 0 Å². The highest BCUT2D eigenvalue weighted by atomic mass is 16.5. The van der Waals surface area contributed by atoms with Gasteiger partial charge in [-0.1, -0.05) is 42.5 Å². The molecule has 6 heteroatoms. The van der Waals surface area contributed by atoms with Crippen LogP contribution in [0.1, 0.15) is 27.2 Å². The van der Waals surface area contributed by atoms with Crippen LogP contribution in [0.15, 0.2) is 71.5 Å². The molecule has 1 aromatic heterocycles. The second kappa shape index (κ2) is 7.90. The van der Waals surface area contributed by atoms with Crippen molar-refractivity contribution < 1.29 is 9.53 Å². The Bertz CT molecular complexity index is 1000. The fourth-order valence-corrected chi connectivity index (χ4v) is 2.33. The third kappa shape index (κ3) is 4.22. The van der Waals surface area contributed by atoms with E-state index in [-0.39, 0.29) is 24.4 Å². The average molecular weight is 345 g/mol. The second-order valence-electron chi connectivity index (χ2n) is 5.58. The maximum atomic E-state index is 12.2. The maximum absolute atomic E-state index is 12.2. The highest BCUT2D eigenvalue weighted by molar-refractivity contribution is 5.86. The number of rotatable bonds is 5. The summed E-state index contributed by atoms with van der Waals surface area (Å²) in [7, 11) is 0. The molecule has 0 aliphatic carbocycles. The first kappa shape index (κ1) is 17.1. The van der Waals surface area contributed by atoms with E-state index in [0.717, 1.165) is 11.1 Å². The van der Waals surface area contributed by atoms with Gasteiger partial charge in [0.15, 0.2) is 5.69 Å². The van der Waals surface area contributed by atoms with E-state index in [0.29, 0.717) is 5.56 Å². The summed E-state index contributed by atoms with van der Waals surface area (Å²) in [5, 5.41) is 12.9. The summed E-state index contributed by atoms with van der Waals surface area (Å²) in [5.74, 6) is -0.615. The van der Waals surface area contributed by atoms with Gasteiger partial charge in [0, 0.05) is 6.07 Å². The Morgan fingerprint density at radius 2 is 1.73 bits per heavy atom. The van der Waals surface area contributed by atoms with Gasteiger partial charge in [-0.05, 0) is 29.3 Å². The third-order valence-electron chi connectivity index (χ3n) is 3.70. The zero-order valence-electron chi connectivity index (χ0n) is 13.8. The minimum Gasteiger partial charge on any atom is -0.456 e. The van der Waals surface area contributed by atoms with E-state index in [1.54, 1.807) is 24.3 Å². The maximum Gasteiger partial charge on any atom is 0.359 e. The van der Waals surface area contributed by atoms with Gasteiger partial charge < -0.3 is 4.74 Å². The van der Waals surface area contributed by atoms with Gasteiger partial charge in [-0.2, -0.15) is 10.4 Å². The number of nitrogens with zero attached hydrogens (tertiary/aromatic N) is 3. The molecule has 0 fully saturated rings. The molecular formula is C20H15N3O3. The number of aromatic nitrogens is 2. The Morgan fingerprint density at radius 3 is 2.42 bits per heavy atom. The van der Waals surface area contributed by atoms with Gasteiger partial charge in [0.1, 0.15) is 6.61 Å². The molecule has 2 aromatic carbocycles. The van der Waals surface area contributed by atoms with Crippen LogP contribution in [0.2, 0.25) is 0 Å². The van der Waals surface area contributed by atoms with Gasteiger partial charge in [-0.25, -0.2) is 9.48 Å². The van der Waals surface area contributed by atoms with Crippen molar-refractivity contribution in [2.75, 3.05) is 0 Å². The summed E-state index contributed by atoms with van der Waals surface area (Å²) in [6.45, 7) is 0.334. The van der Waals surface area contributed by atoms with Crippen molar-refractivity contribution in [3.05, 3.63) is 99.5 Å². The third-order valence-corrected chi connectivity index (χ3v) is 3.70. The summed E-state index contributed by atoms with van der Waals surface area (Å²) < 4.78 is 6.46. The van der Waals surface area contributed by atoms with Crippen molar-refractivity contribution in [1.82, 2.24) is 9.78 Å². The summed E-state index contributed by atoms with van der Waals surface area (Å²) >= 11 is 0. The Hall–Kier alpha value is -3.72. The Labute approximate surface area is 149 Å².